The standard InChI is InChI=1S/C39H47F2N9O3/c1-24(51)48-17-13-34-32(23-48)38(49-14-3-4-27-19-30(28-21-42-46(2)22-28)31(37(40)41)20-35(27)49)45-50(34)29-7-5-25(6-8-29)18-26-11-15-47(16-12-26)36-10-9-33(39(52)53)43-44-36/h9-10,19-22,25-26,29,37H,3-8,11-18,23H2,1-2H3,(H,52,53). The van der Waals surface area contributed by atoms with Gasteiger partial charge >= 0.3 is 5.97 Å². The molecule has 3 aliphatic heterocycles. The number of hydrogen-bond donors (Lipinski definition) is 1. The van der Waals surface area contributed by atoms with Crippen LogP contribution < -0.4 is 9.80 Å². The molecule has 1 N–H and O–H groups in total. The summed E-state index contributed by atoms with van der Waals surface area (Å²) in [5, 5.41) is 26.7. The van der Waals surface area contributed by atoms with E-state index in [9.17, 15) is 18.4 Å². The van der Waals surface area contributed by atoms with Crippen LogP contribution in [-0.4, -0.2) is 77.8 Å². The van der Waals surface area contributed by atoms with E-state index in [4.69, 9.17) is 10.2 Å². The van der Waals surface area contributed by atoms with E-state index in [1.165, 1.54) is 18.2 Å². The normalized spacial score (nSPS) is 20.8. The van der Waals surface area contributed by atoms with Gasteiger partial charge in [0, 0.05) is 80.8 Å². The van der Waals surface area contributed by atoms with Crippen molar-refractivity contribution >= 4 is 29.2 Å². The Bertz CT molecular complexity index is 1980. The second-order valence-electron chi connectivity index (χ2n) is 15.3. The summed E-state index contributed by atoms with van der Waals surface area (Å²) in [7, 11) is 1.79. The number of amides is 1. The Kier molecular flexibility index (Phi) is 9.63. The number of nitrogens with zero attached hydrogens (tertiary/aromatic N) is 9. The summed E-state index contributed by atoms with van der Waals surface area (Å²) in [5.41, 5.74) is 5.19. The number of benzene rings is 1. The first-order valence-electron chi connectivity index (χ1n) is 19.0. The second kappa shape index (κ2) is 14.5. The van der Waals surface area contributed by atoms with E-state index in [1.807, 2.05) is 11.0 Å². The Morgan fingerprint density at radius 3 is 2.40 bits per heavy atom. The number of anilines is 3. The van der Waals surface area contributed by atoms with Gasteiger partial charge in [0.2, 0.25) is 5.91 Å². The van der Waals surface area contributed by atoms with Crippen LogP contribution in [0.2, 0.25) is 0 Å². The fraction of sp³-hybridized carbons (Fsp3) is 0.538. The maximum atomic E-state index is 14.6. The van der Waals surface area contributed by atoms with Crippen LogP contribution in [0.25, 0.3) is 11.1 Å². The molecule has 1 amide bonds. The third-order valence-corrected chi connectivity index (χ3v) is 12.0. The number of carbonyl (C=O) groups is 2. The number of fused-ring (bicyclic) bond motifs is 2. The second-order valence-corrected chi connectivity index (χ2v) is 15.3. The first kappa shape index (κ1) is 35.2. The maximum Gasteiger partial charge on any atom is 0.356 e. The van der Waals surface area contributed by atoms with Crippen molar-refractivity contribution in [3.63, 3.8) is 0 Å². The highest BCUT2D eigenvalue weighted by Gasteiger charge is 2.35. The summed E-state index contributed by atoms with van der Waals surface area (Å²) < 4.78 is 33.2. The van der Waals surface area contributed by atoms with Gasteiger partial charge in [0.25, 0.3) is 6.43 Å². The third-order valence-electron chi connectivity index (χ3n) is 12.0. The predicted octanol–water partition coefficient (Wildman–Crippen LogP) is 6.74. The van der Waals surface area contributed by atoms with Gasteiger partial charge in [-0.1, -0.05) is 0 Å². The molecule has 0 atom stereocenters. The van der Waals surface area contributed by atoms with Crippen LogP contribution in [0.5, 0.6) is 0 Å². The number of aromatic carboxylic acids is 1. The molecule has 2 fully saturated rings. The van der Waals surface area contributed by atoms with Crippen molar-refractivity contribution in [1.29, 1.82) is 0 Å². The number of carbonyl (C=O) groups excluding carboxylic acids is 1. The van der Waals surface area contributed by atoms with Gasteiger partial charge in [-0.3, -0.25) is 14.2 Å². The van der Waals surface area contributed by atoms with Crippen LogP contribution in [0.1, 0.15) is 104 Å². The first-order chi connectivity index (χ1) is 25.6. The number of alkyl halides is 2. The van der Waals surface area contributed by atoms with Crippen LogP contribution in [0, 0.1) is 11.8 Å². The van der Waals surface area contributed by atoms with Crippen molar-refractivity contribution in [2.45, 2.75) is 90.1 Å². The van der Waals surface area contributed by atoms with Crippen molar-refractivity contribution in [1.82, 2.24) is 34.7 Å². The van der Waals surface area contributed by atoms with Gasteiger partial charge < -0.3 is 19.8 Å². The maximum absolute atomic E-state index is 14.6. The van der Waals surface area contributed by atoms with E-state index >= 15 is 0 Å². The van der Waals surface area contributed by atoms with E-state index < -0.39 is 12.4 Å². The van der Waals surface area contributed by atoms with Crippen molar-refractivity contribution in [2.24, 2.45) is 18.9 Å². The van der Waals surface area contributed by atoms with Crippen LogP contribution in [-0.2, 0) is 31.2 Å². The minimum absolute atomic E-state index is 0.00520. The van der Waals surface area contributed by atoms with E-state index in [0.717, 1.165) is 99.3 Å². The number of rotatable bonds is 8. The summed E-state index contributed by atoms with van der Waals surface area (Å²) in [6, 6.07) is 7.11. The zero-order valence-electron chi connectivity index (χ0n) is 30.4. The highest BCUT2D eigenvalue weighted by molar-refractivity contribution is 5.85. The lowest BCUT2D eigenvalue weighted by Crippen LogP contribution is -2.36. The van der Waals surface area contributed by atoms with Gasteiger partial charge in [0.15, 0.2) is 17.3 Å². The van der Waals surface area contributed by atoms with E-state index in [1.54, 1.807) is 43.2 Å². The molecule has 1 aromatic carbocycles. The quantitative estimate of drug-likeness (QED) is 0.210. The van der Waals surface area contributed by atoms with Gasteiger partial charge in [0.1, 0.15) is 0 Å². The first-order valence-corrected chi connectivity index (χ1v) is 19.0. The molecule has 53 heavy (non-hydrogen) atoms. The molecule has 0 spiro atoms. The fourth-order valence-electron chi connectivity index (χ4n) is 9.18. The minimum atomic E-state index is -2.64. The number of aromatic nitrogens is 6. The molecule has 3 aromatic heterocycles. The van der Waals surface area contributed by atoms with E-state index in [2.05, 4.69) is 29.8 Å². The van der Waals surface area contributed by atoms with Gasteiger partial charge in [0.05, 0.1) is 18.8 Å². The Hall–Kier alpha value is -4.88. The van der Waals surface area contributed by atoms with Gasteiger partial charge in [-0.2, -0.15) is 10.2 Å². The number of hydrogen-bond acceptors (Lipinski definition) is 8. The molecule has 1 saturated carbocycles. The molecule has 12 nitrogen and oxygen atoms in total. The highest BCUT2D eigenvalue weighted by atomic mass is 19.3. The Morgan fingerprint density at radius 1 is 0.962 bits per heavy atom. The van der Waals surface area contributed by atoms with E-state index in [0.29, 0.717) is 42.6 Å². The molecule has 0 unspecified atom stereocenters. The summed E-state index contributed by atoms with van der Waals surface area (Å²) in [6.07, 6.45) is 10.9. The summed E-state index contributed by atoms with van der Waals surface area (Å²) in [5.74, 6) is 1.81. The van der Waals surface area contributed by atoms with Crippen LogP contribution in [0.3, 0.4) is 0 Å². The predicted molar refractivity (Wildman–Crippen MR) is 195 cm³/mol. The van der Waals surface area contributed by atoms with Crippen molar-refractivity contribution in [3.05, 3.63) is 64.7 Å². The highest BCUT2D eigenvalue weighted by Crippen LogP contribution is 2.45. The molecule has 4 aromatic rings. The molecular formula is C39H47F2N9O3. The number of carboxylic acid groups (broad SMARTS) is 1. The average Bonchev–Trinajstić information content (AvgIpc) is 3.78. The zero-order valence-corrected chi connectivity index (χ0v) is 30.4. The SMILES string of the molecule is CC(=O)N1CCc2c(c(N3CCCc4cc(-c5cnn(C)c5)c(C(F)F)cc43)nn2C2CCC(CC3CCN(c4ccc(C(=O)O)nn4)CC3)CC2)C1. The Morgan fingerprint density at radius 2 is 1.74 bits per heavy atom. The van der Waals surface area contributed by atoms with Gasteiger partial charge in [-0.05, 0) is 105 Å². The molecule has 0 bridgehead atoms. The van der Waals surface area contributed by atoms with Gasteiger partial charge in [-0.15, -0.1) is 10.2 Å². The lowest BCUT2D eigenvalue weighted by Gasteiger charge is -2.36. The van der Waals surface area contributed by atoms with Crippen LogP contribution in [0.15, 0.2) is 36.7 Å². The molecule has 14 heteroatoms. The van der Waals surface area contributed by atoms with Crippen molar-refractivity contribution in [2.75, 3.05) is 36.0 Å². The number of halogens is 2. The largest absolute Gasteiger partial charge is 0.476 e. The molecule has 1 aliphatic carbocycles. The van der Waals surface area contributed by atoms with Gasteiger partial charge in [-0.25, -0.2) is 13.6 Å². The summed E-state index contributed by atoms with van der Waals surface area (Å²) in [6.45, 7) is 5.20. The minimum Gasteiger partial charge on any atom is -0.476 e. The summed E-state index contributed by atoms with van der Waals surface area (Å²) >= 11 is 0. The Balaban J connectivity index is 0.989. The topological polar surface area (TPSA) is 126 Å². The monoisotopic (exact) mass is 727 g/mol. The number of piperidine rings is 1. The fourth-order valence-corrected chi connectivity index (χ4v) is 9.18. The summed E-state index contributed by atoms with van der Waals surface area (Å²) in [4.78, 5) is 29.9. The lowest BCUT2D eigenvalue weighted by atomic mass is 9.78. The molecular weight excluding hydrogens is 680 g/mol. The van der Waals surface area contributed by atoms with Crippen LogP contribution in [0.4, 0.5) is 26.1 Å². The number of carboxylic acids is 1. The molecule has 8 rings (SSSR count). The third kappa shape index (κ3) is 6.99. The lowest BCUT2D eigenvalue weighted by molar-refractivity contribution is -0.129. The molecule has 280 valence electrons. The molecule has 4 aliphatic rings. The molecule has 1 saturated heterocycles. The Labute approximate surface area is 307 Å². The number of aryl methyl sites for hydroxylation is 2. The molecule has 6 heterocycles. The zero-order chi connectivity index (χ0) is 36.8. The average molecular weight is 728 g/mol. The van der Waals surface area contributed by atoms with E-state index in [-0.39, 0.29) is 23.2 Å². The van der Waals surface area contributed by atoms with Crippen molar-refractivity contribution < 1.29 is 23.5 Å². The van der Waals surface area contributed by atoms with Crippen molar-refractivity contribution in [3.8, 4) is 11.1 Å². The smallest absolute Gasteiger partial charge is 0.356 e. The molecule has 0 radical (unpaired) electrons. The van der Waals surface area contributed by atoms with Crippen LogP contribution >= 0.6 is 0 Å².